The number of hydrogen-bond acceptors (Lipinski definition) is 3. The van der Waals surface area contributed by atoms with Gasteiger partial charge in [0.1, 0.15) is 23.9 Å². The molecule has 0 unspecified atom stereocenters. The SMILES string of the molecule is c1ccc(COc2ccc(OCCc3ncc[nH]3)cc2)cc1. The van der Waals surface area contributed by atoms with Crippen LogP contribution in [0.25, 0.3) is 0 Å². The maximum absolute atomic E-state index is 5.74. The second kappa shape index (κ2) is 7.31. The third-order valence-corrected chi connectivity index (χ3v) is 3.23. The molecule has 0 fully saturated rings. The fourth-order valence-corrected chi connectivity index (χ4v) is 2.07. The van der Waals surface area contributed by atoms with Gasteiger partial charge in [-0.15, -0.1) is 0 Å². The first-order chi connectivity index (χ1) is 10.9. The Kier molecular flexibility index (Phi) is 4.72. The molecule has 3 aromatic rings. The number of nitrogens with one attached hydrogen (secondary N) is 1. The molecule has 2 aromatic carbocycles. The van der Waals surface area contributed by atoms with Crippen molar-refractivity contribution in [1.29, 1.82) is 0 Å². The van der Waals surface area contributed by atoms with Crippen LogP contribution in [0, 0.1) is 0 Å². The van der Waals surface area contributed by atoms with E-state index in [1.165, 1.54) is 0 Å². The molecule has 22 heavy (non-hydrogen) atoms. The molecular weight excluding hydrogens is 276 g/mol. The van der Waals surface area contributed by atoms with Crippen LogP contribution in [0.3, 0.4) is 0 Å². The molecule has 0 aliphatic rings. The van der Waals surface area contributed by atoms with E-state index in [-0.39, 0.29) is 0 Å². The summed E-state index contributed by atoms with van der Waals surface area (Å²) in [6.45, 7) is 1.16. The lowest BCUT2D eigenvalue weighted by atomic mass is 10.2. The van der Waals surface area contributed by atoms with Crippen LogP contribution in [0.2, 0.25) is 0 Å². The van der Waals surface area contributed by atoms with Crippen LogP contribution in [0.4, 0.5) is 0 Å². The van der Waals surface area contributed by atoms with Crippen molar-refractivity contribution < 1.29 is 9.47 Å². The van der Waals surface area contributed by atoms with Crippen LogP contribution in [-0.2, 0) is 13.0 Å². The maximum Gasteiger partial charge on any atom is 0.120 e. The Bertz CT molecular complexity index is 664. The Morgan fingerprint density at radius 3 is 2.27 bits per heavy atom. The largest absolute Gasteiger partial charge is 0.493 e. The molecule has 0 aliphatic carbocycles. The maximum atomic E-state index is 5.74. The predicted molar refractivity (Wildman–Crippen MR) is 85.0 cm³/mol. The van der Waals surface area contributed by atoms with Crippen LogP contribution < -0.4 is 9.47 Å². The lowest BCUT2D eigenvalue weighted by Crippen LogP contribution is -2.02. The summed E-state index contributed by atoms with van der Waals surface area (Å²) in [6, 6.07) is 17.8. The van der Waals surface area contributed by atoms with E-state index in [0.29, 0.717) is 13.2 Å². The predicted octanol–water partition coefficient (Wildman–Crippen LogP) is 3.61. The normalized spacial score (nSPS) is 10.4. The van der Waals surface area contributed by atoms with Crippen LogP contribution >= 0.6 is 0 Å². The number of imidazole rings is 1. The highest BCUT2D eigenvalue weighted by Crippen LogP contribution is 2.18. The first-order valence-electron chi connectivity index (χ1n) is 7.28. The van der Waals surface area contributed by atoms with Crippen molar-refractivity contribution in [3.05, 3.63) is 78.4 Å². The minimum absolute atomic E-state index is 0.569. The van der Waals surface area contributed by atoms with Gasteiger partial charge < -0.3 is 14.5 Å². The highest BCUT2D eigenvalue weighted by Gasteiger charge is 1.99. The number of ether oxygens (including phenoxy) is 2. The molecule has 4 heteroatoms. The van der Waals surface area contributed by atoms with Gasteiger partial charge in [0, 0.05) is 18.8 Å². The summed E-state index contributed by atoms with van der Waals surface area (Å²) in [5.41, 5.74) is 1.15. The molecule has 112 valence electrons. The highest BCUT2D eigenvalue weighted by atomic mass is 16.5. The Labute approximate surface area is 129 Å². The van der Waals surface area contributed by atoms with Crippen molar-refractivity contribution in [1.82, 2.24) is 9.97 Å². The molecule has 3 rings (SSSR count). The van der Waals surface area contributed by atoms with E-state index in [2.05, 4.69) is 9.97 Å². The van der Waals surface area contributed by atoms with E-state index in [4.69, 9.17) is 9.47 Å². The Morgan fingerprint density at radius 1 is 0.864 bits per heavy atom. The molecule has 1 heterocycles. The minimum atomic E-state index is 0.569. The van der Waals surface area contributed by atoms with Crippen molar-refractivity contribution in [2.75, 3.05) is 6.61 Å². The van der Waals surface area contributed by atoms with Crippen molar-refractivity contribution in [2.24, 2.45) is 0 Å². The molecule has 0 radical (unpaired) electrons. The van der Waals surface area contributed by atoms with E-state index in [9.17, 15) is 0 Å². The fourth-order valence-electron chi connectivity index (χ4n) is 2.07. The average Bonchev–Trinajstić information content (AvgIpc) is 3.08. The van der Waals surface area contributed by atoms with E-state index in [1.807, 2.05) is 60.8 Å². The third-order valence-electron chi connectivity index (χ3n) is 3.23. The van der Waals surface area contributed by atoms with E-state index in [1.54, 1.807) is 6.20 Å². The number of benzene rings is 2. The zero-order valence-electron chi connectivity index (χ0n) is 12.2. The van der Waals surface area contributed by atoms with Gasteiger partial charge in [-0.25, -0.2) is 4.98 Å². The van der Waals surface area contributed by atoms with Crippen LogP contribution in [0.1, 0.15) is 11.4 Å². The van der Waals surface area contributed by atoms with Gasteiger partial charge in [0.15, 0.2) is 0 Å². The van der Waals surface area contributed by atoms with E-state index < -0.39 is 0 Å². The smallest absolute Gasteiger partial charge is 0.120 e. The first kappa shape index (κ1) is 14.2. The molecular formula is C18H18N2O2. The molecule has 0 bridgehead atoms. The Hall–Kier alpha value is -2.75. The molecule has 1 aromatic heterocycles. The summed E-state index contributed by atoms with van der Waals surface area (Å²) in [5, 5.41) is 0. The Balaban J connectivity index is 1.45. The summed E-state index contributed by atoms with van der Waals surface area (Å²) >= 11 is 0. The summed E-state index contributed by atoms with van der Waals surface area (Å²) in [5.74, 6) is 2.60. The molecule has 0 saturated carbocycles. The molecule has 4 nitrogen and oxygen atoms in total. The fraction of sp³-hybridized carbons (Fsp3) is 0.167. The van der Waals surface area contributed by atoms with Gasteiger partial charge >= 0.3 is 0 Å². The summed E-state index contributed by atoms with van der Waals surface area (Å²) < 4.78 is 11.4. The molecule has 0 amide bonds. The second-order valence-corrected chi connectivity index (χ2v) is 4.88. The van der Waals surface area contributed by atoms with Gasteiger partial charge in [-0.3, -0.25) is 0 Å². The first-order valence-corrected chi connectivity index (χ1v) is 7.28. The number of H-pyrrole nitrogens is 1. The lowest BCUT2D eigenvalue weighted by molar-refractivity contribution is 0.301. The molecule has 1 N–H and O–H groups in total. The average molecular weight is 294 g/mol. The van der Waals surface area contributed by atoms with Crippen molar-refractivity contribution in [3.8, 4) is 11.5 Å². The van der Waals surface area contributed by atoms with Crippen molar-refractivity contribution >= 4 is 0 Å². The van der Waals surface area contributed by atoms with Crippen molar-refractivity contribution in [3.63, 3.8) is 0 Å². The van der Waals surface area contributed by atoms with Crippen molar-refractivity contribution in [2.45, 2.75) is 13.0 Å². The summed E-state index contributed by atoms with van der Waals surface area (Å²) in [7, 11) is 0. The van der Waals surface area contributed by atoms with E-state index >= 15 is 0 Å². The number of hydrogen-bond donors (Lipinski definition) is 1. The van der Waals surface area contributed by atoms with E-state index in [0.717, 1.165) is 29.3 Å². The highest BCUT2D eigenvalue weighted by molar-refractivity contribution is 5.31. The standard InChI is InChI=1S/C18H18N2O2/c1-2-4-15(5-3-1)14-22-17-8-6-16(7-9-17)21-13-10-18-19-11-12-20-18/h1-9,11-12H,10,13-14H2,(H,19,20). The third kappa shape index (κ3) is 4.12. The molecule has 0 atom stereocenters. The van der Waals surface area contributed by atoms with Crippen LogP contribution in [-0.4, -0.2) is 16.6 Å². The van der Waals surface area contributed by atoms with Crippen LogP contribution in [0.15, 0.2) is 67.0 Å². The summed E-state index contributed by atoms with van der Waals surface area (Å²) in [6.07, 6.45) is 4.32. The lowest BCUT2D eigenvalue weighted by Gasteiger charge is -2.08. The topological polar surface area (TPSA) is 47.1 Å². The van der Waals surface area contributed by atoms with Gasteiger partial charge in [0.2, 0.25) is 0 Å². The van der Waals surface area contributed by atoms with Gasteiger partial charge in [0.25, 0.3) is 0 Å². The number of aromatic nitrogens is 2. The number of rotatable bonds is 7. The summed E-state index contributed by atoms with van der Waals surface area (Å²) in [4.78, 5) is 7.21. The number of aromatic amines is 1. The zero-order valence-corrected chi connectivity index (χ0v) is 12.2. The van der Waals surface area contributed by atoms with Gasteiger partial charge in [-0.2, -0.15) is 0 Å². The Morgan fingerprint density at radius 2 is 1.59 bits per heavy atom. The number of nitrogens with zero attached hydrogens (tertiary/aromatic N) is 1. The van der Waals surface area contributed by atoms with Crippen LogP contribution in [0.5, 0.6) is 11.5 Å². The monoisotopic (exact) mass is 294 g/mol. The minimum Gasteiger partial charge on any atom is -0.493 e. The molecule has 0 spiro atoms. The van der Waals surface area contributed by atoms with Gasteiger partial charge in [0.05, 0.1) is 6.61 Å². The quantitative estimate of drug-likeness (QED) is 0.724. The van der Waals surface area contributed by atoms with Gasteiger partial charge in [-0.05, 0) is 29.8 Å². The zero-order chi connectivity index (χ0) is 15.0. The second-order valence-electron chi connectivity index (χ2n) is 4.88. The molecule has 0 saturated heterocycles. The molecule has 0 aliphatic heterocycles. The van der Waals surface area contributed by atoms with Gasteiger partial charge in [-0.1, -0.05) is 30.3 Å².